The first-order valence-electron chi connectivity index (χ1n) is 6.40. The number of carbonyl (C=O) groups excluding carboxylic acids is 1. The van der Waals surface area contributed by atoms with Gasteiger partial charge in [-0.3, -0.25) is 4.79 Å². The average Bonchev–Trinajstić information content (AvgIpc) is 2.42. The second-order valence-corrected chi connectivity index (χ2v) is 5.18. The highest BCUT2D eigenvalue weighted by Crippen LogP contribution is 2.20. The minimum atomic E-state index is -0.130. The lowest BCUT2D eigenvalue weighted by Crippen LogP contribution is -2.27. The van der Waals surface area contributed by atoms with E-state index in [4.69, 9.17) is 17.3 Å². The zero-order chi connectivity index (χ0) is 14.7. The third kappa shape index (κ3) is 3.11. The Bertz CT molecular complexity index is 623. The summed E-state index contributed by atoms with van der Waals surface area (Å²) in [4.78, 5) is 12.3. The van der Waals surface area contributed by atoms with Gasteiger partial charge in [0.2, 0.25) is 0 Å². The molecule has 4 heteroatoms. The van der Waals surface area contributed by atoms with Gasteiger partial charge in [-0.1, -0.05) is 29.8 Å². The maximum Gasteiger partial charge on any atom is 0.252 e. The molecule has 3 nitrogen and oxygen atoms in total. The van der Waals surface area contributed by atoms with E-state index in [2.05, 4.69) is 5.32 Å². The Hall–Kier alpha value is -2.00. The fraction of sp³-hybridized carbons (Fsp3) is 0.188. The number of amides is 1. The van der Waals surface area contributed by atoms with Gasteiger partial charge in [0.25, 0.3) is 5.91 Å². The molecule has 0 saturated carbocycles. The summed E-state index contributed by atoms with van der Waals surface area (Å²) in [6.07, 6.45) is 0. The molecule has 0 radical (unpaired) electrons. The number of nitrogens with two attached hydrogens (primary N) is 1. The van der Waals surface area contributed by atoms with Crippen LogP contribution in [0.4, 0.5) is 5.69 Å². The van der Waals surface area contributed by atoms with Crippen LogP contribution in [0.15, 0.2) is 42.5 Å². The number of benzene rings is 2. The van der Waals surface area contributed by atoms with Gasteiger partial charge in [0.1, 0.15) is 0 Å². The largest absolute Gasteiger partial charge is 0.399 e. The molecule has 2 aromatic carbocycles. The molecule has 1 amide bonds. The zero-order valence-corrected chi connectivity index (χ0v) is 12.2. The van der Waals surface area contributed by atoms with Gasteiger partial charge in [0, 0.05) is 16.3 Å². The van der Waals surface area contributed by atoms with Crippen LogP contribution in [0.25, 0.3) is 0 Å². The van der Waals surface area contributed by atoms with Gasteiger partial charge in [0.15, 0.2) is 0 Å². The third-order valence-electron chi connectivity index (χ3n) is 3.30. The summed E-state index contributed by atoms with van der Waals surface area (Å²) in [5, 5.41) is 3.56. The second-order valence-electron chi connectivity index (χ2n) is 4.77. The first kappa shape index (κ1) is 14.4. The van der Waals surface area contributed by atoms with Crippen molar-refractivity contribution < 1.29 is 4.79 Å². The Morgan fingerprint density at radius 2 is 1.85 bits per heavy atom. The van der Waals surface area contributed by atoms with Crippen LogP contribution < -0.4 is 11.1 Å². The lowest BCUT2D eigenvalue weighted by atomic mass is 10.1. The molecule has 0 bridgehead atoms. The molecule has 0 fully saturated rings. The maximum absolute atomic E-state index is 12.3. The van der Waals surface area contributed by atoms with E-state index < -0.39 is 0 Å². The zero-order valence-electron chi connectivity index (χ0n) is 11.5. The average molecular weight is 289 g/mol. The first-order valence-corrected chi connectivity index (χ1v) is 6.78. The van der Waals surface area contributed by atoms with Gasteiger partial charge < -0.3 is 11.1 Å². The van der Waals surface area contributed by atoms with Crippen molar-refractivity contribution in [1.29, 1.82) is 0 Å². The van der Waals surface area contributed by atoms with E-state index >= 15 is 0 Å². The SMILES string of the molecule is Cc1c(Cl)cccc1C(=O)NC(C)c1ccc(N)cc1. The number of nitrogens with one attached hydrogen (secondary N) is 1. The summed E-state index contributed by atoms with van der Waals surface area (Å²) in [5.41, 5.74) is 8.75. The molecule has 0 aromatic heterocycles. The Labute approximate surface area is 123 Å². The molecule has 0 spiro atoms. The summed E-state index contributed by atoms with van der Waals surface area (Å²) in [6.45, 7) is 3.77. The van der Waals surface area contributed by atoms with Gasteiger partial charge in [0.05, 0.1) is 6.04 Å². The monoisotopic (exact) mass is 288 g/mol. The number of hydrogen-bond acceptors (Lipinski definition) is 2. The quantitative estimate of drug-likeness (QED) is 0.846. The topological polar surface area (TPSA) is 55.1 Å². The van der Waals surface area contributed by atoms with Gasteiger partial charge >= 0.3 is 0 Å². The van der Waals surface area contributed by atoms with E-state index in [1.807, 2.05) is 38.1 Å². The van der Waals surface area contributed by atoms with E-state index in [0.29, 0.717) is 16.3 Å². The van der Waals surface area contributed by atoms with Gasteiger partial charge in [-0.25, -0.2) is 0 Å². The number of anilines is 1. The Kier molecular flexibility index (Phi) is 4.30. The van der Waals surface area contributed by atoms with Gasteiger partial charge in [-0.15, -0.1) is 0 Å². The fourth-order valence-corrected chi connectivity index (χ4v) is 2.17. The molecular formula is C16H17ClN2O. The molecule has 0 aliphatic carbocycles. The number of nitrogen functional groups attached to an aromatic ring is 1. The highest BCUT2D eigenvalue weighted by Gasteiger charge is 2.14. The number of halogens is 1. The molecule has 3 N–H and O–H groups in total. The lowest BCUT2D eigenvalue weighted by Gasteiger charge is -2.16. The highest BCUT2D eigenvalue weighted by atomic mass is 35.5. The molecule has 104 valence electrons. The first-order chi connectivity index (χ1) is 9.49. The normalized spacial score (nSPS) is 11.9. The predicted molar refractivity (Wildman–Crippen MR) is 82.9 cm³/mol. The molecule has 1 atom stereocenters. The van der Waals surface area contributed by atoms with E-state index in [9.17, 15) is 4.79 Å². The van der Waals surface area contributed by atoms with Crippen molar-refractivity contribution in [3.05, 3.63) is 64.2 Å². The summed E-state index contributed by atoms with van der Waals surface area (Å²) in [5.74, 6) is -0.130. The molecule has 0 saturated heterocycles. The van der Waals surface area contributed by atoms with Crippen LogP contribution in [0.3, 0.4) is 0 Å². The maximum atomic E-state index is 12.3. The summed E-state index contributed by atoms with van der Waals surface area (Å²) in [7, 11) is 0. The standard InChI is InChI=1S/C16H17ClN2O/c1-10-14(4-3-5-15(10)17)16(20)19-11(2)12-6-8-13(18)9-7-12/h3-9,11H,18H2,1-2H3,(H,19,20). The Balaban J connectivity index is 2.15. The van der Waals surface area contributed by atoms with Crippen molar-refractivity contribution in [3.8, 4) is 0 Å². The number of rotatable bonds is 3. The molecule has 0 aliphatic rings. The van der Waals surface area contributed by atoms with Crippen molar-refractivity contribution in [2.24, 2.45) is 0 Å². The molecule has 0 heterocycles. The number of hydrogen-bond donors (Lipinski definition) is 2. The number of carbonyl (C=O) groups is 1. The summed E-state index contributed by atoms with van der Waals surface area (Å²) in [6, 6.07) is 12.7. The minimum absolute atomic E-state index is 0.0959. The third-order valence-corrected chi connectivity index (χ3v) is 3.71. The minimum Gasteiger partial charge on any atom is -0.399 e. The summed E-state index contributed by atoms with van der Waals surface area (Å²) >= 11 is 6.03. The lowest BCUT2D eigenvalue weighted by molar-refractivity contribution is 0.0939. The van der Waals surface area contributed by atoms with Crippen molar-refractivity contribution in [2.75, 3.05) is 5.73 Å². The molecular weight excluding hydrogens is 272 g/mol. The van der Waals surface area contributed by atoms with Crippen LogP contribution in [0.2, 0.25) is 5.02 Å². The fourth-order valence-electron chi connectivity index (χ4n) is 2.00. The Morgan fingerprint density at radius 3 is 2.50 bits per heavy atom. The molecule has 0 aliphatic heterocycles. The van der Waals surface area contributed by atoms with Crippen LogP contribution in [0, 0.1) is 6.92 Å². The van der Waals surface area contributed by atoms with Gasteiger partial charge in [-0.2, -0.15) is 0 Å². The predicted octanol–water partition coefficient (Wildman–Crippen LogP) is 3.72. The smallest absolute Gasteiger partial charge is 0.252 e. The van der Waals surface area contributed by atoms with E-state index in [1.54, 1.807) is 18.2 Å². The Morgan fingerprint density at radius 1 is 1.20 bits per heavy atom. The van der Waals surface area contributed by atoms with Crippen LogP contribution in [-0.2, 0) is 0 Å². The van der Waals surface area contributed by atoms with E-state index in [-0.39, 0.29) is 11.9 Å². The van der Waals surface area contributed by atoms with Crippen LogP contribution in [-0.4, -0.2) is 5.91 Å². The van der Waals surface area contributed by atoms with E-state index in [0.717, 1.165) is 11.1 Å². The second kappa shape index (κ2) is 5.97. The highest BCUT2D eigenvalue weighted by molar-refractivity contribution is 6.31. The summed E-state index contributed by atoms with van der Waals surface area (Å²) < 4.78 is 0. The molecule has 2 aromatic rings. The van der Waals surface area contributed by atoms with Crippen molar-refractivity contribution in [1.82, 2.24) is 5.32 Å². The van der Waals surface area contributed by atoms with Crippen LogP contribution in [0.5, 0.6) is 0 Å². The van der Waals surface area contributed by atoms with Crippen molar-refractivity contribution in [3.63, 3.8) is 0 Å². The van der Waals surface area contributed by atoms with Gasteiger partial charge in [-0.05, 0) is 49.2 Å². The van der Waals surface area contributed by atoms with Crippen molar-refractivity contribution in [2.45, 2.75) is 19.9 Å². The van der Waals surface area contributed by atoms with Crippen LogP contribution in [0.1, 0.15) is 34.5 Å². The van der Waals surface area contributed by atoms with Crippen molar-refractivity contribution >= 4 is 23.2 Å². The molecule has 2 rings (SSSR count). The molecule has 1 unspecified atom stereocenters. The van der Waals surface area contributed by atoms with Crippen LogP contribution >= 0.6 is 11.6 Å². The molecule has 20 heavy (non-hydrogen) atoms. The van der Waals surface area contributed by atoms with E-state index in [1.165, 1.54) is 0 Å².